The van der Waals surface area contributed by atoms with Crippen molar-refractivity contribution in [3.63, 3.8) is 0 Å². The molecular formula is C15H15N3O6. The van der Waals surface area contributed by atoms with Crippen molar-refractivity contribution in [1.82, 2.24) is 14.9 Å². The second-order valence-electron chi connectivity index (χ2n) is 5.09. The molecule has 1 unspecified atom stereocenters. The Morgan fingerprint density at radius 2 is 1.92 bits per heavy atom. The summed E-state index contributed by atoms with van der Waals surface area (Å²) in [5, 5.41) is 20.1. The van der Waals surface area contributed by atoms with Crippen LogP contribution in [-0.4, -0.2) is 43.7 Å². The monoisotopic (exact) mass is 333 g/mol. The van der Waals surface area contributed by atoms with Crippen LogP contribution in [0.25, 0.3) is 10.9 Å². The van der Waals surface area contributed by atoms with E-state index in [4.69, 9.17) is 10.2 Å². The molecule has 0 radical (unpaired) electrons. The van der Waals surface area contributed by atoms with Crippen LogP contribution in [0, 0.1) is 0 Å². The van der Waals surface area contributed by atoms with Crippen LogP contribution in [0.4, 0.5) is 0 Å². The Bertz CT molecular complexity index is 844. The first-order valence-corrected chi connectivity index (χ1v) is 7.06. The number of rotatable bonds is 7. The number of para-hydroxylation sites is 1. The van der Waals surface area contributed by atoms with E-state index < -0.39 is 42.4 Å². The summed E-state index contributed by atoms with van der Waals surface area (Å²) in [6, 6.07) is 5.30. The summed E-state index contributed by atoms with van der Waals surface area (Å²) in [5.74, 6) is -3.22. The van der Waals surface area contributed by atoms with E-state index in [1.165, 1.54) is 6.33 Å². The Morgan fingerprint density at radius 1 is 1.21 bits per heavy atom. The first-order valence-electron chi connectivity index (χ1n) is 7.06. The molecule has 126 valence electrons. The second kappa shape index (κ2) is 7.36. The van der Waals surface area contributed by atoms with Gasteiger partial charge in [0.2, 0.25) is 5.91 Å². The van der Waals surface area contributed by atoms with Crippen molar-refractivity contribution in [3.05, 3.63) is 40.9 Å². The Kier molecular flexibility index (Phi) is 5.25. The summed E-state index contributed by atoms with van der Waals surface area (Å²) in [6.45, 7) is -0.409. The maximum atomic E-state index is 12.2. The largest absolute Gasteiger partial charge is 0.481 e. The number of carbonyl (C=O) groups excluding carboxylic acids is 1. The average molecular weight is 333 g/mol. The van der Waals surface area contributed by atoms with Gasteiger partial charge < -0.3 is 15.5 Å². The minimum Gasteiger partial charge on any atom is -0.481 e. The normalized spacial score (nSPS) is 11.8. The highest BCUT2D eigenvalue weighted by atomic mass is 16.4. The molecule has 2 aromatic rings. The van der Waals surface area contributed by atoms with Crippen molar-refractivity contribution < 1.29 is 24.6 Å². The van der Waals surface area contributed by atoms with Gasteiger partial charge in [0.1, 0.15) is 12.6 Å². The number of carbonyl (C=O) groups is 3. The summed E-state index contributed by atoms with van der Waals surface area (Å²) in [6.07, 6.45) is 0.563. The number of benzene rings is 1. The summed E-state index contributed by atoms with van der Waals surface area (Å²) in [5.41, 5.74) is 0.0668. The van der Waals surface area contributed by atoms with Crippen LogP contribution in [0.1, 0.15) is 12.8 Å². The Morgan fingerprint density at radius 3 is 2.58 bits per heavy atom. The first-order chi connectivity index (χ1) is 11.4. The molecule has 1 heterocycles. The van der Waals surface area contributed by atoms with Gasteiger partial charge in [0.05, 0.1) is 17.2 Å². The third-order valence-corrected chi connectivity index (χ3v) is 3.33. The molecule has 0 bridgehead atoms. The van der Waals surface area contributed by atoms with Gasteiger partial charge in [-0.15, -0.1) is 0 Å². The van der Waals surface area contributed by atoms with Crippen molar-refractivity contribution in [1.29, 1.82) is 0 Å². The fourth-order valence-electron chi connectivity index (χ4n) is 2.14. The SMILES string of the molecule is O=C(O)CCC(NC(=O)Cn1cnc2ccccc2c1=O)C(=O)O. The van der Waals surface area contributed by atoms with Gasteiger partial charge in [-0.05, 0) is 18.6 Å². The molecule has 24 heavy (non-hydrogen) atoms. The van der Waals surface area contributed by atoms with Gasteiger partial charge in [-0.1, -0.05) is 12.1 Å². The molecule has 3 N–H and O–H groups in total. The van der Waals surface area contributed by atoms with Gasteiger partial charge >= 0.3 is 11.9 Å². The molecule has 2 rings (SSSR count). The van der Waals surface area contributed by atoms with Crippen molar-refractivity contribution in [2.45, 2.75) is 25.4 Å². The second-order valence-corrected chi connectivity index (χ2v) is 5.09. The number of hydrogen-bond acceptors (Lipinski definition) is 5. The standard InChI is InChI=1S/C15H15N3O6/c19-12(17-11(15(23)24)5-6-13(20)21)7-18-8-16-10-4-2-1-3-9(10)14(18)22/h1-4,8,11H,5-7H2,(H,17,19)(H,20,21)(H,23,24). The highest BCUT2D eigenvalue weighted by Crippen LogP contribution is 2.04. The van der Waals surface area contributed by atoms with E-state index in [1.54, 1.807) is 24.3 Å². The van der Waals surface area contributed by atoms with Gasteiger partial charge in [-0.25, -0.2) is 9.78 Å². The van der Waals surface area contributed by atoms with E-state index >= 15 is 0 Å². The number of carboxylic acids is 2. The number of nitrogens with one attached hydrogen (secondary N) is 1. The van der Waals surface area contributed by atoms with Gasteiger partial charge in [-0.3, -0.25) is 19.0 Å². The minimum absolute atomic E-state index is 0.249. The highest BCUT2D eigenvalue weighted by Gasteiger charge is 2.21. The zero-order valence-electron chi connectivity index (χ0n) is 12.5. The number of hydrogen-bond donors (Lipinski definition) is 3. The van der Waals surface area contributed by atoms with Gasteiger partial charge in [0.25, 0.3) is 5.56 Å². The van der Waals surface area contributed by atoms with Crippen LogP contribution in [0.15, 0.2) is 35.4 Å². The van der Waals surface area contributed by atoms with E-state index in [-0.39, 0.29) is 6.42 Å². The van der Waals surface area contributed by atoms with Crippen LogP contribution < -0.4 is 10.9 Å². The zero-order valence-corrected chi connectivity index (χ0v) is 12.5. The molecule has 0 aliphatic rings. The molecule has 9 nitrogen and oxygen atoms in total. The summed E-state index contributed by atoms with van der Waals surface area (Å²) < 4.78 is 1.06. The quantitative estimate of drug-likeness (QED) is 0.639. The lowest BCUT2D eigenvalue weighted by molar-refractivity contribution is -0.143. The lowest BCUT2D eigenvalue weighted by atomic mass is 10.1. The summed E-state index contributed by atoms with van der Waals surface area (Å²) >= 11 is 0. The minimum atomic E-state index is -1.34. The topological polar surface area (TPSA) is 139 Å². The van der Waals surface area contributed by atoms with E-state index in [0.29, 0.717) is 10.9 Å². The van der Waals surface area contributed by atoms with Gasteiger partial charge in [-0.2, -0.15) is 0 Å². The van der Waals surface area contributed by atoms with Crippen LogP contribution in [0.5, 0.6) is 0 Å². The molecule has 0 fully saturated rings. The predicted octanol–water partition coefficient (Wildman–Crippen LogP) is -0.169. The number of nitrogens with zero attached hydrogens (tertiary/aromatic N) is 2. The van der Waals surface area contributed by atoms with Crippen molar-refractivity contribution in [3.8, 4) is 0 Å². The van der Waals surface area contributed by atoms with Crippen molar-refractivity contribution in [2.24, 2.45) is 0 Å². The molecule has 0 spiro atoms. The Balaban J connectivity index is 2.11. The molecule has 1 amide bonds. The van der Waals surface area contributed by atoms with Crippen molar-refractivity contribution in [2.75, 3.05) is 0 Å². The van der Waals surface area contributed by atoms with Crippen LogP contribution in [0.3, 0.4) is 0 Å². The molecule has 0 saturated carbocycles. The zero-order chi connectivity index (χ0) is 17.7. The Labute approximate surface area is 135 Å². The van der Waals surface area contributed by atoms with E-state index in [0.717, 1.165) is 4.57 Å². The molecule has 0 saturated heterocycles. The smallest absolute Gasteiger partial charge is 0.326 e. The molecule has 1 aromatic carbocycles. The number of carboxylic acid groups (broad SMARTS) is 2. The number of amides is 1. The maximum absolute atomic E-state index is 12.2. The van der Waals surface area contributed by atoms with Crippen LogP contribution in [0.2, 0.25) is 0 Å². The fraction of sp³-hybridized carbons (Fsp3) is 0.267. The van der Waals surface area contributed by atoms with Crippen LogP contribution in [-0.2, 0) is 20.9 Å². The van der Waals surface area contributed by atoms with Gasteiger partial charge in [0.15, 0.2) is 0 Å². The van der Waals surface area contributed by atoms with Gasteiger partial charge in [0, 0.05) is 6.42 Å². The molecular weight excluding hydrogens is 318 g/mol. The Hall–Kier alpha value is -3.23. The molecule has 0 aliphatic heterocycles. The van der Waals surface area contributed by atoms with E-state index in [1.807, 2.05) is 0 Å². The van der Waals surface area contributed by atoms with Crippen molar-refractivity contribution >= 4 is 28.7 Å². The fourth-order valence-corrected chi connectivity index (χ4v) is 2.14. The number of aliphatic carboxylic acids is 2. The number of aromatic nitrogens is 2. The number of fused-ring (bicyclic) bond motifs is 1. The predicted molar refractivity (Wildman–Crippen MR) is 82.4 cm³/mol. The first kappa shape index (κ1) is 17.1. The molecule has 1 aromatic heterocycles. The molecule has 0 aliphatic carbocycles. The van der Waals surface area contributed by atoms with E-state index in [9.17, 15) is 19.2 Å². The molecule has 9 heteroatoms. The third kappa shape index (κ3) is 4.15. The average Bonchev–Trinajstić information content (AvgIpc) is 2.54. The lowest BCUT2D eigenvalue weighted by Gasteiger charge is -2.14. The van der Waals surface area contributed by atoms with E-state index in [2.05, 4.69) is 10.3 Å². The maximum Gasteiger partial charge on any atom is 0.326 e. The lowest BCUT2D eigenvalue weighted by Crippen LogP contribution is -2.43. The summed E-state index contributed by atoms with van der Waals surface area (Å²) in [4.78, 5) is 49.8. The third-order valence-electron chi connectivity index (χ3n) is 3.33. The summed E-state index contributed by atoms with van der Waals surface area (Å²) in [7, 11) is 0. The molecule has 1 atom stereocenters. The van der Waals surface area contributed by atoms with Crippen LogP contribution >= 0.6 is 0 Å². The highest BCUT2D eigenvalue weighted by molar-refractivity contribution is 5.84.